The number of hydrogen-bond donors (Lipinski definition) is 1. The first kappa shape index (κ1) is 11.9. The Balaban J connectivity index is 3.58. The Hall–Kier alpha value is -1.15. The first-order valence-corrected chi connectivity index (χ1v) is 4.88. The fraction of sp³-hybridized carbons (Fsp3) is 0.300. The zero-order valence-electron chi connectivity index (χ0n) is 8.11. The van der Waals surface area contributed by atoms with Gasteiger partial charge in [0.2, 0.25) is 0 Å². The van der Waals surface area contributed by atoms with Crippen LogP contribution in [0.4, 0.5) is 8.78 Å². The molecule has 0 aromatic heterocycles. The second-order valence-electron chi connectivity index (χ2n) is 3.62. The van der Waals surface area contributed by atoms with Crippen molar-refractivity contribution in [2.45, 2.75) is 19.3 Å². The van der Waals surface area contributed by atoms with Crippen LogP contribution in [-0.2, 0) is 5.41 Å². The third-order valence-electron chi connectivity index (χ3n) is 2.04. The molecular formula is C10H8BrF2NO. The molecule has 0 radical (unpaired) electrons. The van der Waals surface area contributed by atoms with Gasteiger partial charge < -0.3 is 5.11 Å². The van der Waals surface area contributed by atoms with Crippen molar-refractivity contribution >= 4 is 15.9 Å². The van der Waals surface area contributed by atoms with E-state index >= 15 is 0 Å². The van der Waals surface area contributed by atoms with Gasteiger partial charge in [-0.2, -0.15) is 5.26 Å². The maximum Gasteiger partial charge on any atom is 0.148 e. The molecule has 0 aliphatic rings. The molecule has 0 heterocycles. The van der Waals surface area contributed by atoms with Gasteiger partial charge in [-0.1, -0.05) is 0 Å². The van der Waals surface area contributed by atoms with Gasteiger partial charge >= 0.3 is 0 Å². The molecule has 0 atom stereocenters. The first-order valence-electron chi connectivity index (χ1n) is 4.09. The Bertz CT molecular complexity index is 452. The van der Waals surface area contributed by atoms with Crippen molar-refractivity contribution in [2.24, 2.45) is 0 Å². The molecule has 2 nitrogen and oxygen atoms in total. The molecule has 0 amide bonds. The zero-order chi connectivity index (χ0) is 11.8. The highest BCUT2D eigenvalue weighted by Gasteiger charge is 2.30. The molecule has 1 N–H and O–H groups in total. The minimum absolute atomic E-state index is 0.234. The average Bonchev–Trinajstić information content (AvgIpc) is 2.14. The second-order valence-corrected chi connectivity index (χ2v) is 4.41. The molecule has 80 valence electrons. The molecule has 1 aromatic rings. The minimum Gasteiger partial charge on any atom is -0.507 e. The SMILES string of the molecule is CC(C)(C#N)c1c(F)cc(O)c(Br)c1F. The predicted octanol–water partition coefficient (Wildman–Crippen LogP) is 3.23. The molecule has 0 fully saturated rings. The Morgan fingerprint density at radius 3 is 2.47 bits per heavy atom. The van der Waals surface area contributed by atoms with Gasteiger partial charge in [0.25, 0.3) is 0 Å². The maximum atomic E-state index is 13.6. The van der Waals surface area contributed by atoms with Crippen molar-refractivity contribution in [2.75, 3.05) is 0 Å². The molecule has 0 aliphatic heterocycles. The van der Waals surface area contributed by atoms with E-state index in [0.29, 0.717) is 0 Å². The van der Waals surface area contributed by atoms with Crippen LogP contribution in [0.25, 0.3) is 0 Å². The summed E-state index contributed by atoms with van der Waals surface area (Å²) in [6.45, 7) is 2.80. The van der Waals surface area contributed by atoms with E-state index in [1.54, 1.807) is 6.07 Å². The number of phenols is 1. The van der Waals surface area contributed by atoms with E-state index in [0.717, 1.165) is 6.07 Å². The number of halogens is 3. The highest BCUT2D eigenvalue weighted by molar-refractivity contribution is 9.10. The summed E-state index contributed by atoms with van der Waals surface area (Å²) >= 11 is 2.78. The number of hydrogen-bond acceptors (Lipinski definition) is 2. The van der Waals surface area contributed by atoms with E-state index in [-0.39, 0.29) is 10.0 Å². The second kappa shape index (κ2) is 3.78. The molecule has 0 saturated heterocycles. The lowest BCUT2D eigenvalue weighted by Crippen LogP contribution is -2.18. The summed E-state index contributed by atoms with van der Waals surface area (Å²) in [5.74, 6) is -2.40. The van der Waals surface area contributed by atoms with Gasteiger partial charge in [0.15, 0.2) is 0 Å². The highest BCUT2D eigenvalue weighted by Crippen LogP contribution is 2.36. The predicted molar refractivity (Wildman–Crippen MR) is 54.4 cm³/mol. The van der Waals surface area contributed by atoms with E-state index in [1.807, 2.05) is 0 Å². The average molecular weight is 276 g/mol. The third kappa shape index (κ3) is 1.95. The molecule has 0 saturated carbocycles. The highest BCUT2D eigenvalue weighted by atomic mass is 79.9. The lowest BCUT2D eigenvalue weighted by Gasteiger charge is -2.18. The van der Waals surface area contributed by atoms with Crippen LogP contribution in [0.3, 0.4) is 0 Å². The fourth-order valence-electron chi connectivity index (χ4n) is 1.21. The van der Waals surface area contributed by atoms with Gasteiger partial charge in [0, 0.05) is 11.6 Å². The number of nitrogens with zero attached hydrogens (tertiary/aromatic N) is 1. The van der Waals surface area contributed by atoms with Crippen LogP contribution < -0.4 is 0 Å². The first-order chi connectivity index (χ1) is 6.81. The summed E-state index contributed by atoms with van der Waals surface area (Å²) in [6, 6.07) is 2.58. The molecule has 15 heavy (non-hydrogen) atoms. The van der Waals surface area contributed by atoms with Gasteiger partial charge in [0.05, 0.1) is 16.0 Å². The van der Waals surface area contributed by atoms with Crippen molar-refractivity contribution in [3.05, 3.63) is 27.7 Å². The minimum atomic E-state index is -1.29. The van der Waals surface area contributed by atoms with Crippen molar-refractivity contribution in [3.63, 3.8) is 0 Å². The van der Waals surface area contributed by atoms with Crippen LogP contribution in [0.1, 0.15) is 19.4 Å². The Kier molecular flexibility index (Phi) is 3.00. The topological polar surface area (TPSA) is 44.0 Å². The van der Waals surface area contributed by atoms with Crippen LogP contribution in [-0.4, -0.2) is 5.11 Å². The maximum absolute atomic E-state index is 13.6. The Morgan fingerprint density at radius 1 is 1.47 bits per heavy atom. The lowest BCUT2D eigenvalue weighted by atomic mass is 9.85. The monoisotopic (exact) mass is 275 g/mol. The largest absolute Gasteiger partial charge is 0.507 e. The van der Waals surface area contributed by atoms with Gasteiger partial charge in [0.1, 0.15) is 17.4 Å². The molecule has 1 rings (SSSR count). The summed E-state index contributed by atoms with van der Waals surface area (Å²) in [4.78, 5) is 0. The number of rotatable bonds is 1. The fourth-order valence-corrected chi connectivity index (χ4v) is 1.52. The van der Waals surface area contributed by atoms with Gasteiger partial charge in [-0.05, 0) is 29.8 Å². The normalized spacial score (nSPS) is 11.2. The van der Waals surface area contributed by atoms with Crippen molar-refractivity contribution in [1.82, 2.24) is 0 Å². The summed E-state index contributed by atoms with van der Waals surface area (Å²) in [5, 5.41) is 17.9. The van der Waals surface area contributed by atoms with Crippen LogP contribution >= 0.6 is 15.9 Å². The van der Waals surface area contributed by atoms with E-state index < -0.39 is 22.8 Å². The third-order valence-corrected chi connectivity index (χ3v) is 2.80. The molecular weight excluding hydrogens is 268 g/mol. The molecule has 0 aliphatic carbocycles. The number of nitriles is 1. The van der Waals surface area contributed by atoms with Crippen molar-refractivity contribution < 1.29 is 13.9 Å². The Morgan fingerprint density at radius 2 is 2.00 bits per heavy atom. The van der Waals surface area contributed by atoms with E-state index in [2.05, 4.69) is 15.9 Å². The van der Waals surface area contributed by atoms with Gasteiger partial charge in [-0.15, -0.1) is 0 Å². The van der Waals surface area contributed by atoms with Crippen LogP contribution in [0, 0.1) is 23.0 Å². The Labute approximate surface area is 94.3 Å². The summed E-state index contributed by atoms with van der Waals surface area (Å²) in [5.41, 5.74) is -1.64. The summed E-state index contributed by atoms with van der Waals surface area (Å²) < 4.78 is 26.8. The number of phenolic OH excluding ortho intramolecular Hbond substituents is 1. The van der Waals surface area contributed by atoms with Crippen molar-refractivity contribution in [1.29, 1.82) is 5.26 Å². The molecule has 1 aromatic carbocycles. The van der Waals surface area contributed by atoms with Gasteiger partial charge in [-0.3, -0.25) is 0 Å². The number of benzene rings is 1. The van der Waals surface area contributed by atoms with E-state index in [1.165, 1.54) is 13.8 Å². The van der Waals surface area contributed by atoms with E-state index in [9.17, 15) is 8.78 Å². The smallest absolute Gasteiger partial charge is 0.148 e. The van der Waals surface area contributed by atoms with Crippen LogP contribution in [0.5, 0.6) is 5.75 Å². The molecule has 0 unspecified atom stereocenters. The van der Waals surface area contributed by atoms with E-state index in [4.69, 9.17) is 10.4 Å². The molecule has 5 heteroatoms. The quantitative estimate of drug-likeness (QED) is 0.800. The zero-order valence-corrected chi connectivity index (χ0v) is 9.69. The molecule has 0 spiro atoms. The van der Waals surface area contributed by atoms with Crippen LogP contribution in [0.2, 0.25) is 0 Å². The lowest BCUT2D eigenvalue weighted by molar-refractivity contribution is 0.442. The van der Waals surface area contributed by atoms with Crippen molar-refractivity contribution in [3.8, 4) is 11.8 Å². The molecule has 0 bridgehead atoms. The van der Waals surface area contributed by atoms with Gasteiger partial charge in [-0.25, -0.2) is 8.78 Å². The number of aromatic hydroxyl groups is 1. The van der Waals surface area contributed by atoms with Crippen LogP contribution in [0.15, 0.2) is 10.5 Å². The summed E-state index contributed by atoms with van der Waals surface area (Å²) in [6.07, 6.45) is 0. The standard InChI is InChI=1S/C10H8BrF2NO/c1-10(2,4-14)7-5(12)3-6(15)8(11)9(7)13/h3,15H,1-2H3. The summed E-state index contributed by atoms with van der Waals surface area (Å²) in [7, 11) is 0.